The average molecular weight is 567 g/mol. The second kappa shape index (κ2) is 13.3. The summed E-state index contributed by atoms with van der Waals surface area (Å²) >= 11 is 0. The first kappa shape index (κ1) is 29.5. The van der Waals surface area contributed by atoms with Crippen molar-refractivity contribution in [1.29, 1.82) is 0 Å². The molecule has 3 amide bonds. The predicted octanol–water partition coefficient (Wildman–Crippen LogP) is 4.22. The van der Waals surface area contributed by atoms with E-state index < -0.39 is 17.6 Å². The molecule has 2 atom stereocenters. The molecule has 220 valence electrons. The Balaban J connectivity index is 1.20. The number of rotatable bonds is 10. The number of hydrogen-bond acceptors (Lipinski definition) is 4. The summed E-state index contributed by atoms with van der Waals surface area (Å²) in [4.78, 5) is 44.8. The Kier molecular flexibility index (Phi) is 9.38. The van der Waals surface area contributed by atoms with E-state index in [0.717, 1.165) is 49.2 Å². The van der Waals surface area contributed by atoms with Crippen molar-refractivity contribution < 1.29 is 14.4 Å². The number of amides is 3. The van der Waals surface area contributed by atoms with E-state index in [-0.39, 0.29) is 24.1 Å². The van der Waals surface area contributed by atoms with Gasteiger partial charge in [-0.1, -0.05) is 91.9 Å². The number of piperazine rings is 1. The lowest BCUT2D eigenvalue weighted by Gasteiger charge is -2.52. The van der Waals surface area contributed by atoms with Gasteiger partial charge in [0, 0.05) is 26.2 Å². The average Bonchev–Trinajstić information content (AvgIpc) is 3.01. The van der Waals surface area contributed by atoms with E-state index in [0.29, 0.717) is 19.4 Å². The lowest BCUT2D eigenvalue weighted by atomic mass is 9.81. The molecule has 0 aliphatic carbocycles. The Labute approximate surface area is 249 Å². The van der Waals surface area contributed by atoms with Gasteiger partial charge in [0.2, 0.25) is 17.7 Å². The van der Waals surface area contributed by atoms with Crippen molar-refractivity contribution in [2.75, 3.05) is 26.2 Å². The van der Waals surface area contributed by atoms with Crippen LogP contribution in [0.4, 0.5) is 0 Å². The van der Waals surface area contributed by atoms with Crippen molar-refractivity contribution in [3.63, 3.8) is 0 Å². The first-order valence-corrected chi connectivity index (χ1v) is 15.2. The summed E-state index contributed by atoms with van der Waals surface area (Å²) in [6.07, 6.45) is 3.16. The highest BCUT2D eigenvalue weighted by Crippen LogP contribution is 2.34. The van der Waals surface area contributed by atoms with Crippen molar-refractivity contribution in [3.8, 4) is 11.1 Å². The van der Waals surface area contributed by atoms with Gasteiger partial charge in [0.15, 0.2) is 0 Å². The van der Waals surface area contributed by atoms with E-state index in [9.17, 15) is 14.4 Å². The Morgan fingerprint density at radius 3 is 2.24 bits per heavy atom. The van der Waals surface area contributed by atoms with Gasteiger partial charge in [0.1, 0.15) is 11.6 Å². The molecule has 5 rings (SSSR count). The lowest BCUT2D eigenvalue weighted by Crippen LogP contribution is -2.75. The minimum atomic E-state index is -0.825. The van der Waals surface area contributed by atoms with Crippen molar-refractivity contribution in [3.05, 3.63) is 96.1 Å². The Morgan fingerprint density at radius 2 is 1.55 bits per heavy atom. The molecule has 0 aromatic heterocycles. The van der Waals surface area contributed by atoms with E-state index in [2.05, 4.69) is 39.8 Å². The summed E-state index contributed by atoms with van der Waals surface area (Å²) in [5.41, 5.74) is 3.52. The summed E-state index contributed by atoms with van der Waals surface area (Å²) in [7, 11) is 0. The maximum Gasteiger partial charge on any atom is 0.248 e. The molecular formula is C35H42N4O3. The van der Waals surface area contributed by atoms with Crippen LogP contribution in [-0.2, 0) is 27.2 Å². The van der Waals surface area contributed by atoms with Gasteiger partial charge in [-0.15, -0.1) is 0 Å². The van der Waals surface area contributed by atoms with Crippen LogP contribution in [0.1, 0.15) is 44.2 Å². The van der Waals surface area contributed by atoms with Gasteiger partial charge < -0.3 is 20.4 Å². The smallest absolute Gasteiger partial charge is 0.248 e. The van der Waals surface area contributed by atoms with Gasteiger partial charge in [0.25, 0.3) is 0 Å². The van der Waals surface area contributed by atoms with Gasteiger partial charge in [-0.2, -0.15) is 0 Å². The Morgan fingerprint density at radius 1 is 0.905 bits per heavy atom. The summed E-state index contributed by atoms with van der Waals surface area (Å²) in [6, 6.07) is 27.1. The molecule has 2 aliphatic heterocycles. The quantitative estimate of drug-likeness (QED) is 0.385. The van der Waals surface area contributed by atoms with Crippen LogP contribution < -0.4 is 10.6 Å². The maximum absolute atomic E-state index is 13.9. The number of likely N-dealkylation sites (tertiary alicyclic amines) is 1. The summed E-state index contributed by atoms with van der Waals surface area (Å²) in [6.45, 7) is 6.84. The molecule has 42 heavy (non-hydrogen) atoms. The largest absolute Gasteiger partial charge is 0.351 e. The van der Waals surface area contributed by atoms with E-state index in [1.165, 1.54) is 5.56 Å². The zero-order valence-electron chi connectivity index (χ0n) is 24.7. The fourth-order valence-corrected chi connectivity index (χ4v) is 6.37. The van der Waals surface area contributed by atoms with Gasteiger partial charge >= 0.3 is 0 Å². The highest BCUT2D eigenvalue weighted by Gasteiger charge is 2.54. The van der Waals surface area contributed by atoms with Crippen molar-refractivity contribution in [2.45, 2.75) is 63.6 Å². The van der Waals surface area contributed by atoms with Crippen LogP contribution in [0.3, 0.4) is 0 Å². The SMILES string of the molecule is CCCN1C(=O)[C@H](C(C)NC(=O)Cc2cccc(-c3ccccc3)c2)NC(=O)C12CCN(CCc1ccccc1)CC2. The molecule has 3 aromatic rings. The molecule has 1 unspecified atom stereocenters. The minimum absolute atomic E-state index is 0.0973. The topological polar surface area (TPSA) is 81.8 Å². The van der Waals surface area contributed by atoms with Crippen LogP contribution in [0.25, 0.3) is 11.1 Å². The molecule has 3 aromatic carbocycles. The standard InChI is InChI=1S/C35H42N4O3/c1-3-20-39-33(41)32(26(2)36-31(40)25-28-13-10-16-30(24-28)29-14-8-5-9-15-29)37-34(42)35(39)18-22-38(23-19-35)21-17-27-11-6-4-7-12-27/h4-16,24,26,32H,3,17-23,25H2,1-2H3,(H,36,40)(H,37,42)/t26?,32-/m0/s1. The van der Waals surface area contributed by atoms with Crippen molar-refractivity contribution >= 4 is 17.7 Å². The third-order valence-electron chi connectivity index (χ3n) is 8.74. The fraction of sp³-hybridized carbons (Fsp3) is 0.400. The highest BCUT2D eigenvalue weighted by atomic mass is 16.2. The van der Waals surface area contributed by atoms with Crippen molar-refractivity contribution in [2.24, 2.45) is 0 Å². The molecule has 0 bridgehead atoms. The number of benzene rings is 3. The van der Waals surface area contributed by atoms with E-state index >= 15 is 0 Å². The van der Waals surface area contributed by atoms with E-state index in [1.807, 2.05) is 72.5 Å². The number of nitrogens with zero attached hydrogens (tertiary/aromatic N) is 2. The fourth-order valence-electron chi connectivity index (χ4n) is 6.37. The lowest BCUT2D eigenvalue weighted by molar-refractivity contribution is -0.162. The molecule has 2 aliphatic rings. The second-order valence-electron chi connectivity index (χ2n) is 11.6. The first-order valence-electron chi connectivity index (χ1n) is 15.2. The third-order valence-corrected chi connectivity index (χ3v) is 8.74. The zero-order chi connectivity index (χ0) is 29.5. The van der Waals surface area contributed by atoms with Crippen LogP contribution in [0.15, 0.2) is 84.9 Å². The highest BCUT2D eigenvalue weighted by molar-refractivity contribution is 6.00. The van der Waals surface area contributed by atoms with Gasteiger partial charge in [-0.25, -0.2) is 0 Å². The number of hydrogen-bond donors (Lipinski definition) is 2. The third kappa shape index (κ3) is 6.57. The minimum Gasteiger partial charge on any atom is -0.351 e. The van der Waals surface area contributed by atoms with Crippen LogP contribution in [0.2, 0.25) is 0 Å². The molecular weight excluding hydrogens is 524 g/mol. The van der Waals surface area contributed by atoms with Crippen LogP contribution in [0, 0.1) is 0 Å². The number of piperidine rings is 1. The van der Waals surface area contributed by atoms with Gasteiger partial charge in [-0.3, -0.25) is 14.4 Å². The van der Waals surface area contributed by atoms with Crippen LogP contribution in [0.5, 0.6) is 0 Å². The van der Waals surface area contributed by atoms with Crippen LogP contribution >= 0.6 is 0 Å². The molecule has 1 spiro atoms. The Bertz CT molecular complexity index is 1370. The summed E-state index contributed by atoms with van der Waals surface area (Å²) in [5, 5.41) is 6.02. The molecule has 7 nitrogen and oxygen atoms in total. The monoisotopic (exact) mass is 566 g/mol. The molecule has 2 fully saturated rings. The Hall–Kier alpha value is -3.97. The molecule has 2 heterocycles. The summed E-state index contributed by atoms with van der Waals surface area (Å²) in [5.74, 6) is -0.378. The number of carbonyl (C=O) groups is 3. The number of nitrogens with one attached hydrogen (secondary N) is 2. The summed E-state index contributed by atoms with van der Waals surface area (Å²) < 4.78 is 0. The van der Waals surface area contributed by atoms with Crippen LogP contribution in [-0.4, -0.2) is 71.3 Å². The van der Waals surface area contributed by atoms with E-state index in [4.69, 9.17) is 0 Å². The second-order valence-corrected chi connectivity index (χ2v) is 11.6. The zero-order valence-corrected chi connectivity index (χ0v) is 24.7. The molecule has 0 saturated carbocycles. The van der Waals surface area contributed by atoms with Crippen molar-refractivity contribution in [1.82, 2.24) is 20.4 Å². The van der Waals surface area contributed by atoms with Gasteiger partial charge in [-0.05, 0) is 54.9 Å². The molecule has 7 heteroatoms. The maximum atomic E-state index is 13.9. The van der Waals surface area contributed by atoms with E-state index in [1.54, 1.807) is 6.92 Å². The predicted molar refractivity (Wildman–Crippen MR) is 166 cm³/mol. The molecule has 2 saturated heterocycles. The molecule has 0 radical (unpaired) electrons. The number of carbonyl (C=O) groups excluding carboxylic acids is 3. The molecule has 2 N–H and O–H groups in total. The normalized spacial score (nSPS) is 19.4. The first-order chi connectivity index (χ1) is 20.4. The van der Waals surface area contributed by atoms with Gasteiger partial charge in [0.05, 0.1) is 12.5 Å².